The predicted molar refractivity (Wildman–Crippen MR) is 116 cm³/mol. The second kappa shape index (κ2) is 15.5. The van der Waals surface area contributed by atoms with Crippen LogP contribution in [0.4, 0.5) is 9.59 Å². The molecule has 2 amide bonds. The summed E-state index contributed by atoms with van der Waals surface area (Å²) in [6.45, 7) is 16.3. The Kier molecular flexibility index (Phi) is 16.7. The van der Waals surface area contributed by atoms with Crippen molar-refractivity contribution in [1.82, 2.24) is 10.6 Å². The van der Waals surface area contributed by atoms with Gasteiger partial charge in [0.1, 0.15) is 17.5 Å². The molecule has 0 spiro atoms. The fourth-order valence-electron chi connectivity index (χ4n) is 1.74. The lowest BCUT2D eigenvalue weighted by molar-refractivity contribution is -0.143. The highest BCUT2D eigenvalue weighted by atomic mass is 16.6. The van der Waals surface area contributed by atoms with Gasteiger partial charge in [-0.05, 0) is 62.3 Å². The van der Waals surface area contributed by atoms with Crippen LogP contribution in [-0.4, -0.2) is 54.3 Å². The molecule has 9 heteroatoms. The molecule has 2 N–H and O–H groups in total. The van der Waals surface area contributed by atoms with E-state index in [9.17, 15) is 19.2 Å². The molecule has 0 aliphatic heterocycles. The number of hydrogen-bond acceptors (Lipinski definition) is 7. The highest BCUT2D eigenvalue weighted by Gasteiger charge is 2.19. The molecule has 0 bridgehead atoms. The van der Waals surface area contributed by atoms with E-state index in [0.29, 0.717) is 13.0 Å². The topological polar surface area (TPSA) is 120 Å². The minimum atomic E-state index is -0.534. The molecule has 178 valence electrons. The first-order chi connectivity index (χ1) is 13.1. The Labute approximate surface area is 181 Å². The predicted octanol–water partition coefficient (Wildman–Crippen LogP) is 3.98. The van der Waals surface area contributed by atoms with Crippen LogP contribution in [0.1, 0.15) is 82.6 Å². The monoisotopic (exact) mass is 434 g/mol. The highest BCUT2D eigenvalue weighted by molar-refractivity contribution is 5.72. The first kappa shape index (κ1) is 32.3. The third-order valence-corrected chi connectivity index (χ3v) is 2.75. The van der Waals surface area contributed by atoms with Crippen molar-refractivity contribution in [2.24, 2.45) is 0 Å². The van der Waals surface area contributed by atoms with Crippen molar-refractivity contribution in [3.8, 4) is 0 Å². The number of rotatable bonds is 7. The van der Waals surface area contributed by atoms with E-state index in [1.807, 2.05) is 0 Å². The smallest absolute Gasteiger partial charge is 0.407 e. The molecule has 0 heterocycles. The number of alkyl carbamates (subject to hydrolysis) is 2. The Hall–Kier alpha value is -2.32. The summed E-state index contributed by atoms with van der Waals surface area (Å²) in [5.74, 6) is -0.328. The standard InChI is InChI=1S/C11H21NO4.C9H17NO3.CH4/c1-6-15-9(13)7-8(2)12-10(14)16-11(3,4)5;1-7(5-6-11)10-8(12)13-9(2,3)4;/h8H,6-7H2,1-5H3,(H,12,14);6-7H,5H2,1-4H3,(H,10,12);1H4/t8-;7-;/m00./s1. The second-order valence-corrected chi connectivity index (χ2v) is 8.51. The lowest BCUT2D eigenvalue weighted by Crippen LogP contribution is -2.38. The van der Waals surface area contributed by atoms with Gasteiger partial charge in [-0.3, -0.25) is 4.79 Å². The molecule has 0 aliphatic rings. The minimum absolute atomic E-state index is 0. The Morgan fingerprint density at radius 2 is 1.27 bits per heavy atom. The van der Waals surface area contributed by atoms with Crippen molar-refractivity contribution in [3.05, 3.63) is 0 Å². The van der Waals surface area contributed by atoms with E-state index in [1.165, 1.54) is 0 Å². The minimum Gasteiger partial charge on any atom is -0.466 e. The molecule has 9 nitrogen and oxygen atoms in total. The largest absolute Gasteiger partial charge is 0.466 e. The average molecular weight is 435 g/mol. The number of esters is 1. The molecule has 0 aromatic rings. The van der Waals surface area contributed by atoms with Crippen LogP contribution in [0.5, 0.6) is 0 Å². The molecule has 0 unspecified atom stereocenters. The van der Waals surface area contributed by atoms with Crippen molar-refractivity contribution >= 4 is 24.4 Å². The van der Waals surface area contributed by atoms with Gasteiger partial charge in [-0.15, -0.1) is 0 Å². The van der Waals surface area contributed by atoms with Gasteiger partial charge in [-0.2, -0.15) is 0 Å². The number of nitrogens with one attached hydrogen (secondary N) is 2. The Bertz CT molecular complexity index is 522. The summed E-state index contributed by atoms with van der Waals surface area (Å²) in [7, 11) is 0. The van der Waals surface area contributed by atoms with E-state index in [4.69, 9.17) is 14.2 Å². The third kappa shape index (κ3) is 23.7. The lowest BCUT2D eigenvalue weighted by atomic mass is 10.2. The number of carbonyl (C=O) groups excluding carboxylic acids is 4. The SMILES string of the molecule is C.CCOC(=O)C[C@H](C)NC(=O)OC(C)(C)C.C[C@@H](CC=O)NC(=O)OC(C)(C)C. The molecule has 0 aromatic heterocycles. The maximum absolute atomic E-state index is 11.3. The molecular formula is C21H42N2O7. The van der Waals surface area contributed by atoms with Gasteiger partial charge in [-0.25, -0.2) is 9.59 Å². The number of ether oxygens (including phenoxy) is 3. The maximum atomic E-state index is 11.3. The molecule has 0 saturated carbocycles. The lowest BCUT2D eigenvalue weighted by Gasteiger charge is -2.21. The molecule has 0 saturated heterocycles. The molecule has 0 rings (SSSR count). The molecular weight excluding hydrogens is 392 g/mol. The fourth-order valence-corrected chi connectivity index (χ4v) is 1.74. The molecule has 30 heavy (non-hydrogen) atoms. The van der Waals surface area contributed by atoms with Gasteiger partial charge in [0.05, 0.1) is 13.0 Å². The summed E-state index contributed by atoms with van der Waals surface area (Å²) >= 11 is 0. The first-order valence-corrected chi connectivity index (χ1v) is 9.67. The summed E-state index contributed by atoms with van der Waals surface area (Å²) in [5, 5.41) is 5.11. The van der Waals surface area contributed by atoms with Gasteiger partial charge in [0.2, 0.25) is 0 Å². The Morgan fingerprint density at radius 1 is 0.867 bits per heavy atom. The van der Waals surface area contributed by atoms with Crippen LogP contribution < -0.4 is 10.6 Å². The molecule has 2 atom stereocenters. The highest BCUT2D eigenvalue weighted by Crippen LogP contribution is 2.07. The van der Waals surface area contributed by atoms with E-state index in [0.717, 1.165) is 6.29 Å². The van der Waals surface area contributed by atoms with E-state index in [1.54, 1.807) is 62.3 Å². The molecule has 0 fully saturated rings. The summed E-state index contributed by atoms with van der Waals surface area (Å²) in [4.78, 5) is 43.6. The van der Waals surface area contributed by atoms with E-state index < -0.39 is 23.4 Å². The quantitative estimate of drug-likeness (QED) is 0.353. The number of hydrogen-bond donors (Lipinski definition) is 2. The van der Waals surface area contributed by atoms with Gasteiger partial charge in [0, 0.05) is 18.5 Å². The van der Waals surface area contributed by atoms with Crippen LogP contribution in [0, 0.1) is 0 Å². The van der Waals surface area contributed by atoms with Gasteiger partial charge in [-0.1, -0.05) is 7.43 Å². The third-order valence-electron chi connectivity index (χ3n) is 2.75. The van der Waals surface area contributed by atoms with Crippen molar-refractivity contribution in [1.29, 1.82) is 0 Å². The van der Waals surface area contributed by atoms with E-state index >= 15 is 0 Å². The summed E-state index contributed by atoms with van der Waals surface area (Å²) < 4.78 is 14.8. The van der Waals surface area contributed by atoms with E-state index in [2.05, 4.69) is 10.6 Å². The van der Waals surface area contributed by atoms with Crippen LogP contribution in [0.3, 0.4) is 0 Å². The summed E-state index contributed by atoms with van der Waals surface area (Å²) in [6.07, 6.45) is 0.208. The molecule has 0 radical (unpaired) electrons. The zero-order valence-corrected chi connectivity index (χ0v) is 19.2. The van der Waals surface area contributed by atoms with Crippen LogP contribution in [0.2, 0.25) is 0 Å². The zero-order valence-electron chi connectivity index (χ0n) is 19.2. The first-order valence-electron chi connectivity index (χ1n) is 9.67. The molecule has 0 aromatic carbocycles. The van der Waals surface area contributed by atoms with Gasteiger partial charge >= 0.3 is 18.2 Å². The Morgan fingerprint density at radius 3 is 1.60 bits per heavy atom. The van der Waals surface area contributed by atoms with Crippen molar-refractivity contribution in [3.63, 3.8) is 0 Å². The fraction of sp³-hybridized carbons (Fsp3) is 0.810. The van der Waals surface area contributed by atoms with Crippen molar-refractivity contribution < 1.29 is 33.4 Å². The average Bonchev–Trinajstić information content (AvgIpc) is 2.43. The van der Waals surface area contributed by atoms with Crippen LogP contribution in [0.25, 0.3) is 0 Å². The van der Waals surface area contributed by atoms with Gasteiger partial charge < -0.3 is 29.6 Å². The van der Waals surface area contributed by atoms with Crippen LogP contribution in [0.15, 0.2) is 0 Å². The summed E-state index contributed by atoms with van der Waals surface area (Å²) in [6, 6.07) is -0.471. The van der Waals surface area contributed by atoms with Crippen LogP contribution in [-0.2, 0) is 23.8 Å². The number of amides is 2. The summed E-state index contributed by atoms with van der Waals surface area (Å²) in [5.41, 5.74) is -1.03. The number of aldehydes is 1. The van der Waals surface area contributed by atoms with Gasteiger partial charge in [0.25, 0.3) is 0 Å². The maximum Gasteiger partial charge on any atom is 0.407 e. The normalized spacial score (nSPS) is 12.6. The van der Waals surface area contributed by atoms with E-state index in [-0.39, 0.29) is 31.9 Å². The van der Waals surface area contributed by atoms with Gasteiger partial charge in [0.15, 0.2) is 0 Å². The number of carbonyl (C=O) groups is 4. The Balaban J connectivity index is -0.000000480. The van der Waals surface area contributed by atoms with Crippen LogP contribution >= 0.6 is 0 Å². The van der Waals surface area contributed by atoms with Crippen molar-refractivity contribution in [2.45, 2.75) is 106 Å². The molecule has 0 aliphatic carbocycles. The second-order valence-electron chi connectivity index (χ2n) is 8.51. The van der Waals surface area contributed by atoms with Crippen molar-refractivity contribution in [2.75, 3.05) is 6.61 Å². The zero-order chi connectivity index (χ0) is 23.3.